The standard InChI is InChI=1S/C16H24N2O3S/c1-6-9-17-16(19)15(11(2)3)18-22(20,21)14-8-7-12(4)13(5)10-14/h6-8,10-11,15,18H,1,9H2,2-5H3,(H,17,19). The highest BCUT2D eigenvalue weighted by Crippen LogP contribution is 2.16. The maximum absolute atomic E-state index is 12.5. The first-order valence-corrected chi connectivity index (χ1v) is 8.65. The van der Waals surface area contributed by atoms with E-state index in [9.17, 15) is 13.2 Å². The van der Waals surface area contributed by atoms with Crippen LogP contribution in [0.2, 0.25) is 0 Å². The SMILES string of the molecule is C=CCNC(=O)C(NS(=O)(=O)c1ccc(C)c(C)c1)C(C)C. The van der Waals surface area contributed by atoms with Crippen molar-refractivity contribution in [2.75, 3.05) is 6.54 Å². The van der Waals surface area contributed by atoms with Crippen LogP contribution in [0.15, 0.2) is 35.7 Å². The van der Waals surface area contributed by atoms with Gasteiger partial charge in [0.25, 0.3) is 0 Å². The number of hydrogen-bond acceptors (Lipinski definition) is 3. The topological polar surface area (TPSA) is 75.3 Å². The summed E-state index contributed by atoms with van der Waals surface area (Å²) in [5.41, 5.74) is 1.91. The summed E-state index contributed by atoms with van der Waals surface area (Å²) < 4.78 is 27.4. The summed E-state index contributed by atoms with van der Waals surface area (Å²) in [7, 11) is -3.75. The molecular weight excluding hydrogens is 300 g/mol. The van der Waals surface area contributed by atoms with Gasteiger partial charge in [-0.25, -0.2) is 8.42 Å². The molecule has 122 valence electrons. The molecule has 0 aliphatic rings. The van der Waals surface area contributed by atoms with Gasteiger partial charge in [0.05, 0.1) is 4.90 Å². The minimum atomic E-state index is -3.75. The lowest BCUT2D eigenvalue weighted by molar-refractivity contribution is -0.123. The highest BCUT2D eigenvalue weighted by Gasteiger charge is 2.28. The molecule has 0 aromatic heterocycles. The van der Waals surface area contributed by atoms with Crippen LogP contribution in [0.3, 0.4) is 0 Å². The second kappa shape index (κ2) is 7.56. The fourth-order valence-electron chi connectivity index (χ4n) is 1.89. The Morgan fingerprint density at radius 2 is 1.91 bits per heavy atom. The molecule has 0 saturated carbocycles. The van der Waals surface area contributed by atoms with Crippen molar-refractivity contribution in [2.45, 2.75) is 38.6 Å². The van der Waals surface area contributed by atoms with Gasteiger partial charge in [0.2, 0.25) is 15.9 Å². The van der Waals surface area contributed by atoms with Gasteiger partial charge >= 0.3 is 0 Å². The largest absolute Gasteiger partial charge is 0.351 e. The zero-order valence-corrected chi connectivity index (χ0v) is 14.3. The normalized spacial score (nSPS) is 13.0. The molecule has 2 N–H and O–H groups in total. The van der Waals surface area contributed by atoms with Crippen LogP contribution in [-0.4, -0.2) is 26.9 Å². The zero-order chi connectivity index (χ0) is 16.9. The highest BCUT2D eigenvalue weighted by molar-refractivity contribution is 7.89. The molecule has 0 heterocycles. The van der Waals surface area contributed by atoms with Crippen molar-refractivity contribution in [1.82, 2.24) is 10.0 Å². The monoisotopic (exact) mass is 324 g/mol. The molecule has 0 radical (unpaired) electrons. The molecule has 22 heavy (non-hydrogen) atoms. The van der Waals surface area contributed by atoms with Crippen molar-refractivity contribution < 1.29 is 13.2 Å². The van der Waals surface area contributed by atoms with E-state index in [1.54, 1.807) is 38.1 Å². The first kappa shape index (κ1) is 18.4. The average Bonchev–Trinajstić information content (AvgIpc) is 2.44. The molecule has 0 bridgehead atoms. The van der Waals surface area contributed by atoms with Crippen LogP contribution in [0.5, 0.6) is 0 Å². The minimum absolute atomic E-state index is 0.165. The van der Waals surface area contributed by atoms with Gasteiger partial charge in [-0.05, 0) is 43.0 Å². The van der Waals surface area contributed by atoms with Gasteiger partial charge in [-0.1, -0.05) is 26.0 Å². The molecule has 1 aromatic rings. The Labute approximate surface area is 132 Å². The van der Waals surface area contributed by atoms with Crippen molar-refractivity contribution in [3.05, 3.63) is 42.0 Å². The van der Waals surface area contributed by atoms with E-state index in [0.717, 1.165) is 11.1 Å². The summed E-state index contributed by atoms with van der Waals surface area (Å²) in [6.45, 7) is 11.2. The van der Waals surface area contributed by atoms with E-state index < -0.39 is 16.1 Å². The lowest BCUT2D eigenvalue weighted by atomic mass is 10.1. The van der Waals surface area contributed by atoms with Crippen molar-refractivity contribution >= 4 is 15.9 Å². The van der Waals surface area contributed by atoms with Gasteiger partial charge in [-0.2, -0.15) is 4.72 Å². The molecule has 6 heteroatoms. The Hall–Kier alpha value is -1.66. The van der Waals surface area contributed by atoms with Crippen LogP contribution < -0.4 is 10.0 Å². The lowest BCUT2D eigenvalue weighted by Gasteiger charge is -2.21. The van der Waals surface area contributed by atoms with E-state index in [4.69, 9.17) is 0 Å². The maximum Gasteiger partial charge on any atom is 0.241 e. The Morgan fingerprint density at radius 1 is 1.27 bits per heavy atom. The molecule has 0 spiro atoms. The van der Waals surface area contributed by atoms with Crippen molar-refractivity contribution in [1.29, 1.82) is 0 Å². The quantitative estimate of drug-likeness (QED) is 0.752. The third-order valence-corrected chi connectivity index (χ3v) is 4.88. The molecule has 0 fully saturated rings. The van der Waals surface area contributed by atoms with E-state index >= 15 is 0 Å². The summed E-state index contributed by atoms with van der Waals surface area (Å²) in [6, 6.07) is 4.08. The van der Waals surface area contributed by atoms with Gasteiger partial charge in [0.1, 0.15) is 6.04 Å². The van der Waals surface area contributed by atoms with E-state index in [-0.39, 0.29) is 16.7 Å². The maximum atomic E-state index is 12.5. The van der Waals surface area contributed by atoms with Crippen LogP contribution in [-0.2, 0) is 14.8 Å². The summed E-state index contributed by atoms with van der Waals surface area (Å²) in [4.78, 5) is 12.3. The summed E-state index contributed by atoms with van der Waals surface area (Å²) in [5.74, 6) is -0.534. The van der Waals surface area contributed by atoms with E-state index in [1.807, 2.05) is 13.8 Å². The predicted octanol–water partition coefficient (Wildman–Crippen LogP) is 1.91. The number of carbonyl (C=O) groups excluding carboxylic acids is 1. The third kappa shape index (κ3) is 4.68. The number of aryl methyl sites for hydroxylation is 2. The Morgan fingerprint density at radius 3 is 2.41 bits per heavy atom. The first-order chi connectivity index (χ1) is 10.2. The molecule has 1 rings (SSSR count). The fourth-order valence-corrected chi connectivity index (χ4v) is 3.32. The molecule has 1 unspecified atom stereocenters. The molecule has 0 aliphatic carbocycles. The van der Waals surface area contributed by atoms with Crippen LogP contribution >= 0.6 is 0 Å². The molecule has 0 saturated heterocycles. The van der Waals surface area contributed by atoms with E-state index in [1.165, 1.54) is 0 Å². The summed E-state index contributed by atoms with van der Waals surface area (Å²) >= 11 is 0. The Kier molecular flexibility index (Phi) is 6.32. The average molecular weight is 324 g/mol. The van der Waals surface area contributed by atoms with Gasteiger partial charge in [-0.3, -0.25) is 4.79 Å². The number of sulfonamides is 1. The van der Waals surface area contributed by atoms with E-state index in [2.05, 4.69) is 16.6 Å². The van der Waals surface area contributed by atoms with Gasteiger partial charge in [-0.15, -0.1) is 6.58 Å². The lowest BCUT2D eigenvalue weighted by Crippen LogP contribution is -2.49. The molecule has 0 aliphatic heterocycles. The number of hydrogen-bond donors (Lipinski definition) is 2. The molecule has 5 nitrogen and oxygen atoms in total. The Balaban J connectivity index is 3.02. The zero-order valence-electron chi connectivity index (χ0n) is 13.5. The van der Waals surface area contributed by atoms with Crippen LogP contribution in [0, 0.1) is 19.8 Å². The van der Waals surface area contributed by atoms with Crippen molar-refractivity contribution in [3.63, 3.8) is 0 Å². The van der Waals surface area contributed by atoms with Crippen LogP contribution in [0.4, 0.5) is 0 Å². The van der Waals surface area contributed by atoms with Crippen molar-refractivity contribution in [2.24, 2.45) is 5.92 Å². The number of amides is 1. The number of carbonyl (C=O) groups is 1. The number of rotatable bonds is 7. The molecular formula is C16H24N2O3S. The smallest absolute Gasteiger partial charge is 0.241 e. The van der Waals surface area contributed by atoms with Gasteiger partial charge in [0.15, 0.2) is 0 Å². The second-order valence-corrected chi connectivity index (χ2v) is 7.34. The molecule has 1 atom stereocenters. The summed E-state index contributed by atoms with van der Waals surface area (Å²) in [5, 5.41) is 2.62. The first-order valence-electron chi connectivity index (χ1n) is 7.17. The number of benzene rings is 1. The number of nitrogens with one attached hydrogen (secondary N) is 2. The fraction of sp³-hybridized carbons (Fsp3) is 0.438. The minimum Gasteiger partial charge on any atom is -0.351 e. The van der Waals surface area contributed by atoms with Gasteiger partial charge < -0.3 is 5.32 Å². The van der Waals surface area contributed by atoms with Gasteiger partial charge in [0, 0.05) is 6.54 Å². The van der Waals surface area contributed by atoms with Crippen molar-refractivity contribution in [3.8, 4) is 0 Å². The van der Waals surface area contributed by atoms with E-state index in [0.29, 0.717) is 6.54 Å². The predicted molar refractivity (Wildman–Crippen MR) is 88.1 cm³/mol. The summed E-state index contributed by atoms with van der Waals surface area (Å²) in [6.07, 6.45) is 1.55. The molecule has 1 aromatic carbocycles. The Bertz CT molecular complexity index is 651. The molecule has 1 amide bonds. The highest BCUT2D eigenvalue weighted by atomic mass is 32.2. The van der Waals surface area contributed by atoms with Crippen LogP contribution in [0.1, 0.15) is 25.0 Å². The second-order valence-electron chi connectivity index (χ2n) is 5.62. The van der Waals surface area contributed by atoms with Crippen LogP contribution in [0.25, 0.3) is 0 Å². The third-order valence-electron chi connectivity index (χ3n) is 3.44.